The summed E-state index contributed by atoms with van der Waals surface area (Å²) in [5, 5.41) is 6.14. The highest BCUT2D eigenvalue weighted by Gasteiger charge is 2.28. The number of halogens is 1. The molecule has 2 aromatic carbocycles. The molecule has 1 heterocycles. The minimum absolute atomic E-state index is 0.137. The lowest BCUT2D eigenvalue weighted by Gasteiger charge is -2.14. The largest absolute Gasteiger partial charge is 0.352 e. The van der Waals surface area contributed by atoms with Crippen LogP contribution in [0.15, 0.2) is 48.5 Å². The molecule has 4 amide bonds. The smallest absolute Gasteiger partial charge is 0.251 e. The Labute approximate surface area is 179 Å². The van der Waals surface area contributed by atoms with Gasteiger partial charge in [0.15, 0.2) is 0 Å². The van der Waals surface area contributed by atoms with E-state index in [-0.39, 0.29) is 49.4 Å². The fraction of sp³-hybridized carbons (Fsp3) is 0.273. The van der Waals surface area contributed by atoms with E-state index in [1.807, 2.05) is 0 Å². The maximum absolute atomic E-state index is 12.2. The fourth-order valence-corrected chi connectivity index (χ4v) is 3.18. The van der Waals surface area contributed by atoms with E-state index in [4.69, 9.17) is 11.6 Å². The summed E-state index contributed by atoms with van der Waals surface area (Å²) in [6, 6.07) is 13.6. The van der Waals surface area contributed by atoms with Crippen molar-refractivity contribution in [1.82, 2.24) is 10.2 Å². The van der Waals surface area contributed by atoms with Crippen LogP contribution in [0.5, 0.6) is 0 Å². The van der Waals surface area contributed by atoms with Crippen LogP contribution in [0, 0.1) is 0 Å². The molecule has 2 aromatic rings. The van der Waals surface area contributed by atoms with Gasteiger partial charge >= 0.3 is 0 Å². The second-order valence-electron chi connectivity index (χ2n) is 6.99. The molecule has 1 aliphatic heterocycles. The molecule has 3 rings (SSSR count). The summed E-state index contributed by atoms with van der Waals surface area (Å²) in [4.78, 5) is 48.8. The summed E-state index contributed by atoms with van der Waals surface area (Å²) in [7, 11) is 0. The first-order chi connectivity index (χ1) is 14.4. The first kappa shape index (κ1) is 21.5. The molecule has 0 atom stereocenters. The van der Waals surface area contributed by atoms with Gasteiger partial charge in [-0.05, 0) is 48.4 Å². The Morgan fingerprint density at radius 3 is 2.20 bits per heavy atom. The van der Waals surface area contributed by atoms with Gasteiger partial charge in [0.05, 0.1) is 6.54 Å². The monoisotopic (exact) mass is 427 g/mol. The van der Waals surface area contributed by atoms with Crippen LogP contribution in [0.3, 0.4) is 0 Å². The molecule has 0 radical (unpaired) electrons. The number of hydrogen-bond donors (Lipinski definition) is 2. The Morgan fingerprint density at radius 1 is 0.933 bits per heavy atom. The molecule has 0 aliphatic carbocycles. The maximum atomic E-state index is 12.2. The standard InChI is InChI=1S/C22H22ClN3O4/c23-17-7-9-18(10-8-17)25-19(27)2-1-13-24-22(30)16-5-3-15(4-6-16)14-26-20(28)11-12-21(26)29/h3-10H,1-2,11-14H2,(H,24,30)(H,25,27). The van der Waals surface area contributed by atoms with Crippen molar-refractivity contribution in [1.29, 1.82) is 0 Å². The molecule has 8 heteroatoms. The van der Waals surface area contributed by atoms with Gasteiger partial charge in [-0.3, -0.25) is 24.1 Å². The van der Waals surface area contributed by atoms with Crippen LogP contribution in [0.4, 0.5) is 5.69 Å². The maximum Gasteiger partial charge on any atom is 0.251 e. The summed E-state index contributed by atoms with van der Waals surface area (Å²) in [5.41, 5.74) is 1.93. The molecule has 0 saturated carbocycles. The third kappa shape index (κ3) is 5.90. The molecule has 1 saturated heterocycles. The van der Waals surface area contributed by atoms with E-state index in [1.54, 1.807) is 48.5 Å². The van der Waals surface area contributed by atoms with Crippen LogP contribution in [-0.4, -0.2) is 35.1 Å². The Kier molecular flexibility index (Phi) is 7.19. The number of imide groups is 1. The Balaban J connectivity index is 1.39. The highest BCUT2D eigenvalue weighted by atomic mass is 35.5. The lowest BCUT2D eigenvalue weighted by atomic mass is 10.1. The average Bonchev–Trinajstić information content (AvgIpc) is 3.05. The zero-order valence-electron chi connectivity index (χ0n) is 16.3. The minimum atomic E-state index is -0.243. The van der Waals surface area contributed by atoms with Crippen molar-refractivity contribution >= 4 is 40.9 Å². The number of carbonyl (C=O) groups excluding carboxylic acids is 4. The highest BCUT2D eigenvalue weighted by Crippen LogP contribution is 2.16. The van der Waals surface area contributed by atoms with Crippen molar-refractivity contribution in [2.45, 2.75) is 32.2 Å². The fourth-order valence-electron chi connectivity index (χ4n) is 3.05. The lowest BCUT2D eigenvalue weighted by molar-refractivity contribution is -0.139. The molecule has 7 nitrogen and oxygen atoms in total. The molecule has 30 heavy (non-hydrogen) atoms. The van der Waals surface area contributed by atoms with E-state index in [2.05, 4.69) is 10.6 Å². The van der Waals surface area contributed by atoms with Crippen molar-refractivity contribution in [2.24, 2.45) is 0 Å². The van der Waals surface area contributed by atoms with E-state index in [0.717, 1.165) is 5.56 Å². The van der Waals surface area contributed by atoms with E-state index in [0.29, 0.717) is 29.2 Å². The van der Waals surface area contributed by atoms with Gasteiger partial charge in [0.25, 0.3) is 5.91 Å². The predicted molar refractivity (Wildman–Crippen MR) is 113 cm³/mol. The van der Waals surface area contributed by atoms with Gasteiger partial charge in [-0.25, -0.2) is 0 Å². The average molecular weight is 428 g/mol. The zero-order valence-corrected chi connectivity index (χ0v) is 17.1. The van der Waals surface area contributed by atoms with Crippen molar-refractivity contribution in [3.8, 4) is 0 Å². The SMILES string of the molecule is O=C(CCCNC(=O)c1ccc(CN2C(=O)CCC2=O)cc1)Nc1ccc(Cl)cc1. The third-order valence-electron chi connectivity index (χ3n) is 4.71. The van der Waals surface area contributed by atoms with Gasteiger partial charge in [-0.15, -0.1) is 0 Å². The summed E-state index contributed by atoms with van der Waals surface area (Å²) < 4.78 is 0. The molecule has 1 fully saturated rings. The topological polar surface area (TPSA) is 95.6 Å². The predicted octanol–water partition coefficient (Wildman–Crippen LogP) is 3.14. The summed E-state index contributed by atoms with van der Waals surface area (Å²) in [5.74, 6) is -0.709. The van der Waals surface area contributed by atoms with E-state index in [9.17, 15) is 19.2 Å². The highest BCUT2D eigenvalue weighted by molar-refractivity contribution is 6.30. The number of anilines is 1. The Bertz CT molecular complexity index is 926. The molecule has 156 valence electrons. The minimum Gasteiger partial charge on any atom is -0.352 e. The van der Waals surface area contributed by atoms with Crippen LogP contribution in [0.2, 0.25) is 5.02 Å². The second kappa shape index (κ2) is 10.0. The second-order valence-corrected chi connectivity index (χ2v) is 7.42. The van der Waals surface area contributed by atoms with Crippen LogP contribution in [0.25, 0.3) is 0 Å². The van der Waals surface area contributed by atoms with Crippen molar-refractivity contribution < 1.29 is 19.2 Å². The number of hydrogen-bond acceptors (Lipinski definition) is 4. The number of amides is 4. The normalized spacial score (nSPS) is 13.4. The van der Waals surface area contributed by atoms with E-state index >= 15 is 0 Å². The molecule has 0 spiro atoms. The van der Waals surface area contributed by atoms with E-state index < -0.39 is 0 Å². The first-order valence-electron chi connectivity index (χ1n) is 9.68. The zero-order chi connectivity index (χ0) is 21.5. The summed E-state index contributed by atoms with van der Waals surface area (Å²) in [6.07, 6.45) is 1.30. The van der Waals surface area contributed by atoms with E-state index in [1.165, 1.54) is 4.90 Å². The van der Waals surface area contributed by atoms with Crippen LogP contribution >= 0.6 is 11.6 Å². The molecule has 0 unspecified atom stereocenters. The number of benzene rings is 2. The Morgan fingerprint density at radius 2 is 1.57 bits per heavy atom. The van der Waals surface area contributed by atoms with Gasteiger partial charge in [0.2, 0.25) is 17.7 Å². The number of carbonyl (C=O) groups is 4. The number of nitrogens with one attached hydrogen (secondary N) is 2. The van der Waals surface area contributed by atoms with Gasteiger partial charge in [0, 0.05) is 42.1 Å². The van der Waals surface area contributed by atoms with Gasteiger partial charge in [-0.2, -0.15) is 0 Å². The van der Waals surface area contributed by atoms with Crippen LogP contribution < -0.4 is 10.6 Å². The summed E-state index contributed by atoms with van der Waals surface area (Å²) >= 11 is 5.81. The molecular formula is C22H22ClN3O4. The van der Waals surface area contributed by atoms with Gasteiger partial charge < -0.3 is 10.6 Å². The Hall–Kier alpha value is -3.19. The number of nitrogens with zero attached hydrogens (tertiary/aromatic N) is 1. The van der Waals surface area contributed by atoms with Crippen LogP contribution in [-0.2, 0) is 20.9 Å². The first-order valence-corrected chi connectivity index (χ1v) is 10.1. The number of rotatable bonds is 8. The van der Waals surface area contributed by atoms with Crippen molar-refractivity contribution in [2.75, 3.05) is 11.9 Å². The van der Waals surface area contributed by atoms with Crippen molar-refractivity contribution in [3.63, 3.8) is 0 Å². The lowest BCUT2D eigenvalue weighted by Crippen LogP contribution is -2.28. The van der Waals surface area contributed by atoms with Gasteiger partial charge in [0.1, 0.15) is 0 Å². The molecule has 0 bridgehead atoms. The van der Waals surface area contributed by atoms with Crippen molar-refractivity contribution in [3.05, 3.63) is 64.7 Å². The van der Waals surface area contributed by atoms with Crippen LogP contribution in [0.1, 0.15) is 41.6 Å². The number of likely N-dealkylation sites (tertiary alicyclic amines) is 1. The molecule has 0 aromatic heterocycles. The molecule has 2 N–H and O–H groups in total. The molecular weight excluding hydrogens is 406 g/mol. The van der Waals surface area contributed by atoms with Gasteiger partial charge in [-0.1, -0.05) is 23.7 Å². The third-order valence-corrected chi connectivity index (χ3v) is 4.96. The summed E-state index contributed by atoms with van der Waals surface area (Å²) in [6.45, 7) is 0.591. The molecule has 1 aliphatic rings. The quantitative estimate of drug-likeness (QED) is 0.499.